The molecule has 4 rings (SSSR count). The van der Waals surface area contributed by atoms with Gasteiger partial charge < -0.3 is 14.6 Å². The van der Waals surface area contributed by atoms with Crippen molar-refractivity contribution in [1.29, 1.82) is 0 Å². The maximum atomic E-state index is 11.7. The molecular weight excluding hydrogens is 378 g/mol. The van der Waals surface area contributed by atoms with Crippen LogP contribution in [0.4, 0.5) is 10.7 Å². The van der Waals surface area contributed by atoms with Gasteiger partial charge in [-0.25, -0.2) is 9.97 Å². The summed E-state index contributed by atoms with van der Waals surface area (Å²) in [4.78, 5) is 34.4. The first-order chi connectivity index (χ1) is 13.7. The Morgan fingerprint density at radius 1 is 1.32 bits per heavy atom. The summed E-state index contributed by atoms with van der Waals surface area (Å²) in [5.41, 5.74) is 1.79. The Kier molecular flexibility index (Phi) is 5.73. The number of amides is 2. The standard InChI is InChI=1S/C19H21N5O3S/c25-17-16(28-19(26)23-17)9-15-1-5-21-18(22-15)24-6-2-13(3-7-24)10-20-11-14-4-8-27-12-14/h1,4-5,8-9,12-13,20H,2-3,6-7,10-11H2,(H,23,25,26)/b16-9+. The fraction of sp³-hybridized carbons (Fsp3) is 0.368. The quantitative estimate of drug-likeness (QED) is 0.714. The van der Waals surface area contributed by atoms with Gasteiger partial charge in [0.15, 0.2) is 0 Å². The van der Waals surface area contributed by atoms with E-state index in [9.17, 15) is 9.59 Å². The van der Waals surface area contributed by atoms with Crippen molar-refractivity contribution in [3.05, 3.63) is 47.0 Å². The van der Waals surface area contributed by atoms with E-state index in [1.54, 1.807) is 30.9 Å². The molecule has 0 aromatic carbocycles. The lowest BCUT2D eigenvalue weighted by atomic mass is 9.97. The fourth-order valence-electron chi connectivity index (χ4n) is 3.30. The number of aromatic nitrogens is 2. The minimum absolute atomic E-state index is 0.353. The number of nitrogens with one attached hydrogen (secondary N) is 2. The number of anilines is 1. The molecule has 4 heterocycles. The number of rotatable bonds is 6. The molecule has 0 atom stereocenters. The first-order valence-electron chi connectivity index (χ1n) is 9.22. The monoisotopic (exact) mass is 399 g/mol. The summed E-state index contributed by atoms with van der Waals surface area (Å²) in [7, 11) is 0. The van der Waals surface area contributed by atoms with Gasteiger partial charge in [-0.05, 0) is 55.3 Å². The van der Waals surface area contributed by atoms with Crippen molar-refractivity contribution in [3.63, 3.8) is 0 Å². The summed E-state index contributed by atoms with van der Waals surface area (Å²) < 4.78 is 5.08. The number of hydrogen-bond donors (Lipinski definition) is 2. The Morgan fingerprint density at radius 3 is 2.89 bits per heavy atom. The van der Waals surface area contributed by atoms with Gasteiger partial charge in [-0.3, -0.25) is 14.9 Å². The Hall–Kier alpha value is -2.65. The molecule has 0 bridgehead atoms. The zero-order chi connectivity index (χ0) is 19.3. The molecule has 2 aromatic rings. The normalized spacial score (nSPS) is 19.4. The van der Waals surface area contributed by atoms with Crippen molar-refractivity contribution >= 4 is 34.9 Å². The summed E-state index contributed by atoms with van der Waals surface area (Å²) in [6, 6.07) is 3.71. The van der Waals surface area contributed by atoms with Gasteiger partial charge in [0.2, 0.25) is 5.95 Å². The number of carbonyl (C=O) groups excluding carboxylic acids is 2. The molecule has 2 saturated heterocycles. The predicted octanol–water partition coefficient (Wildman–Crippen LogP) is 2.40. The molecule has 146 valence electrons. The lowest BCUT2D eigenvalue weighted by molar-refractivity contribution is -0.115. The highest BCUT2D eigenvalue weighted by Gasteiger charge is 2.25. The average molecular weight is 399 g/mol. The third-order valence-electron chi connectivity index (χ3n) is 4.83. The Morgan fingerprint density at radius 2 is 2.18 bits per heavy atom. The molecule has 0 spiro atoms. The number of thioether (sulfide) groups is 1. The van der Waals surface area contributed by atoms with E-state index in [4.69, 9.17) is 4.42 Å². The van der Waals surface area contributed by atoms with Gasteiger partial charge in [0.05, 0.1) is 23.1 Å². The van der Waals surface area contributed by atoms with E-state index in [1.807, 2.05) is 6.07 Å². The van der Waals surface area contributed by atoms with Crippen molar-refractivity contribution in [2.45, 2.75) is 19.4 Å². The minimum Gasteiger partial charge on any atom is -0.472 e. The molecular formula is C19H21N5O3S. The summed E-state index contributed by atoms with van der Waals surface area (Å²) in [5.74, 6) is 0.908. The maximum absolute atomic E-state index is 11.7. The number of imide groups is 1. The van der Waals surface area contributed by atoms with E-state index in [2.05, 4.69) is 25.5 Å². The number of carbonyl (C=O) groups is 2. The van der Waals surface area contributed by atoms with Gasteiger partial charge in [0.1, 0.15) is 0 Å². The molecule has 2 N–H and O–H groups in total. The molecule has 0 saturated carbocycles. The molecule has 9 heteroatoms. The van der Waals surface area contributed by atoms with Crippen LogP contribution < -0.4 is 15.5 Å². The van der Waals surface area contributed by atoms with E-state index in [0.717, 1.165) is 56.3 Å². The van der Waals surface area contributed by atoms with E-state index in [-0.39, 0.29) is 11.1 Å². The van der Waals surface area contributed by atoms with Gasteiger partial charge in [-0.15, -0.1) is 0 Å². The average Bonchev–Trinajstić information content (AvgIpc) is 3.32. The fourth-order valence-corrected chi connectivity index (χ4v) is 3.97. The van der Waals surface area contributed by atoms with Gasteiger partial charge in [0.25, 0.3) is 11.1 Å². The lowest BCUT2D eigenvalue weighted by Crippen LogP contribution is -2.38. The van der Waals surface area contributed by atoms with Crippen molar-refractivity contribution in [2.75, 3.05) is 24.5 Å². The second kappa shape index (κ2) is 8.57. The third-order valence-corrected chi connectivity index (χ3v) is 5.64. The zero-order valence-corrected chi connectivity index (χ0v) is 16.1. The van der Waals surface area contributed by atoms with Crippen LogP contribution in [-0.4, -0.2) is 40.7 Å². The van der Waals surface area contributed by atoms with Gasteiger partial charge in [-0.2, -0.15) is 0 Å². The van der Waals surface area contributed by atoms with E-state index in [0.29, 0.717) is 22.5 Å². The molecule has 8 nitrogen and oxygen atoms in total. The van der Waals surface area contributed by atoms with Crippen LogP contribution in [0.15, 0.2) is 40.2 Å². The van der Waals surface area contributed by atoms with Gasteiger partial charge in [0, 0.05) is 31.4 Å². The lowest BCUT2D eigenvalue weighted by Gasteiger charge is -2.32. The van der Waals surface area contributed by atoms with Crippen LogP contribution in [0.2, 0.25) is 0 Å². The second-order valence-corrected chi connectivity index (χ2v) is 7.84. The summed E-state index contributed by atoms with van der Waals surface area (Å²) in [6.45, 7) is 3.59. The van der Waals surface area contributed by atoms with Crippen LogP contribution in [0.3, 0.4) is 0 Å². The van der Waals surface area contributed by atoms with Crippen molar-refractivity contribution < 1.29 is 14.0 Å². The molecule has 0 unspecified atom stereocenters. The number of hydrogen-bond acceptors (Lipinski definition) is 8. The van der Waals surface area contributed by atoms with Crippen LogP contribution in [0.1, 0.15) is 24.1 Å². The minimum atomic E-state index is -0.376. The van der Waals surface area contributed by atoms with Crippen molar-refractivity contribution in [2.24, 2.45) is 5.92 Å². The Balaban J connectivity index is 1.30. The highest BCUT2D eigenvalue weighted by molar-refractivity contribution is 8.18. The maximum Gasteiger partial charge on any atom is 0.290 e. The van der Waals surface area contributed by atoms with E-state index >= 15 is 0 Å². The van der Waals surface area contributed by atoms with E-state index in [1.165, 1.54) is 0 Å². The first kappa shape index (κ1) is 18.7. The SMILES string of the molecule is O=C1NC(=O)/C(=C\c2ccnc(N3CCC(CNCc4ccoc4)CC3)n2)S1. The summed E-state index contributed by atoms with van der Waals surface area (Å²) in [5, 5.41) is 5.38. The number of nitrogens with zero attached hydrogens (tertiary/aromatic N) is 3. The van der Waals surface area contributed by atoms with Crippen molar-refractivity contribution in [3.8, 4) is 0 Å². The highest BCUT2D eigenvalue weighted by atomic mass is 32.2. The Bertz CT molecular complexity index is 875. The third kappa shape index (κ3) is 4.60. The van der Waals surface area contributed by atoms with Crippen LogP contribution in [0, 0.1) is 5.92 Å². The van der Waals surface area contributed by atoms with Crippen LogP contribution >= 0.6 is 11.8 Å². The van der Waals surface area contributed by atoms with Crippen LogP contribution in [-0.2, 0) is 11.3 Å². The zero-order valence-electron chi connectivity index (χ0n) is 15.3. The molecule has 2 aromatic heterocycles. The second-order valence-electron chi connectivity index (χ2n) is 6.83. The van der Waals surface area contributed by atoms with Crippen LogP contribution in [0.25, 0.3) is 6.08 Å². The smallest absolute Gasteiger partial charge is 0.290 e. The molecule has 2 aliphatic rings. The Labute approximate surface area is 166 Å². The summed E-state index contributed by atoms with van der Waals surface area (Å²) >= 11 is 0.891. The predicted molar refractivity (Wildman–Crippen MR) is 106 cm³/mol. The first-order valence-corrected chi connectivity index (χ1v) is 10.0. The van der Waals surface area contributed by atoms with Gasteiger partial charge >= 0.3 is 0 Å². The van der Waals surface area contributed by atoms with Crippen LogP contribution in [0.5, 0.6) is 0 Å². The molecule has 0 aliphatic carbocycles. The molecule has 2 amide bonds. The van der Waals surface area contributed by atoms with E-state index < -0.39 is 0 Å². The topological polar surface area (TPSA) is 100 Å². The molecule has 2 aliphatic heterocycles. The highest BCUT2D eigenvalue weighted by Crippen LogP contribution is 2.26. The van der Waals surface area contributed by atoms with Crippen molar-refractivity contribution in [1.82, 2.24) is 20.6 Å². The largest absolute Gasteiger partial charge is 0.472 e. The van der Waals surface area contributed by atoms with Gasteiger partial charge in [-0.1, -0.05) is 0 Å². The summed E-state index contributed by atoms with van der Waals surface area (Å²) in [6.07, 6.45) is 8.91. The number of furan rings is 1. The number of piperidine rings is 1. The molecule has 28 heavy (non-hydrogen) atoms. The molecule has 0 radical (unpaired) electrons. The molecule has 2 fully saturated rings.